The Morgan fingerprint density at radius 2 is 0.954 bits per heavy atom. The van der Waals surface area contributed by atoms with E-state index in [0.717, 1.165) is 36.3 Å². The quantitative estimate of drug-likeness (QED) is 0.0142. The number of benzene rings is 3. The minimum absolute atomic E-state index is 0.00343. The van der Waals surface area contributed by atoms with Crippen LogP contribution < -0.4 is 75.7 Å². The molecule has 0 spiro atoms. The molecule has 3 saturated heterocycles. The van der Waals surface area contributed by atoms with E-state index in [2.05, 4.69) is 68.5 Å². The number of likely N-dealkylation sites (N-methyl/N-ethyl adjacent to an activating group) is 3. The number of phenolic OH excluding ortho intramolecular Hbond substituents is 1. The molecule has 24 N–H and O–H groups in total. The molecule has 0 saturated carbocycles. The summed E-state index contributed by atoms with van der Waals surface area (Å²) in [5.74, 6) is -17.9. The second-order valence-corrected chi connectivity index (χ2v) is 33.9. The van der Waals surface area contributed by atoms with Crippen molar-refractivity contribution in [2.75, 3.05) is 78.6 Å². The lowest BCUT2D eigenvalue weighted by molar-refractivity contribution is -0.149. The van der Waals surface area contributed by atoms with Crippen LogP contribution >= 0.6 is 11.8 Å². The first-order valence-corrected chi connectivity index (χ1v) is 45.0. The highest BCUT2D eigenvalue weighted by Gasteiger charge is 2.45. The molecule has 0 bridgehead atoms. The van der Waals surface area contributed by atoms with Crippen molar-refractivity contribution < 1.29 is 102 Å². The first-order valence-electron chi connectivity index (χ1n) is 43.9. The van der Waals surface area contributed by atoms with Gasteiger partial charge in [0.25, 0.3) is 0 Å². The summed E-state index contributed by atoms with van der Waals surface area (Å²) in [6.07, 6.45) is 2.35. The van der Waals surface area contributed by atoms with Gasteiger partial charge in [0, 0.05) is 113 Å². The minimum Gasteiger partial charge on any atom is -0.508 e. The molecule has 3 fully saturated rings. The molecule has 2 aromatic heterocycles. The lowest BCUT2D eigenvalue weighted by Gasteiger charge is -2.36. The van der Waals surface area contributed by atoms with Crippen molar-refractivity contribution in [1.82, 2.24) is 93.0 Å². The number of para-hydroxylation sites is 2. The van der Waals surface area contributed by atoms with Crippen LogP contribution in [0.25, 0.3) is 21.8 Å². The Kier molecular flexibility index (Phi) is 39.7. The number of phenols is 1. The Morgan fingerprint density at radius 1 is 0.481 bits per heavy atom. The van der Waals surface area contributed by atoms with Gasteiger partial charge in [0.2, 0.25) is 100 Å². The van der Waals surface area contributed by atoms with Crippen LogP contribution in [-0.2, 0) is 101 Å². The maximum absolute atomic E-state index is 15.7. The number of amides is 17. The maximum Gasteiger partial charge on any atom is 0.246 e. The number of aliphatic hydroxyl groups excluding tert-OH is 3. The van der Waals surface area contributed by atoms with Crippen LogP contribution in [0.5, 0.6) is 5.75 Å². The molecule has 14 atom stereocenters. The molecule has 17 amide bonds. The monoisotopic (exact) mass is 1840 g/mol. The van der Waals surface area contributed by atoms with Crippen molar-refractivity contribution >= 4 is 140 Å². The largest absolute Gasteiger partial charge is 0.508 e. The summed E-state index contributed by atoms with van der Waals surface area (Å²) in [6.45, 7) is 1.41. The van der Waals surface area contributed by atoms with Crippen molar-refractivity contribution in [2.45, 2.75) is 221 Å². The normalized spacial score (nSPS) is 24.5. The summed E-state index contributed by atoms with van der Waals surface area (Å²) in [6, 6.07) is -2.27. The van der Waals surface area contributed by atoms with Gasteiger partial charge >= 0.3 is 0 Å². The number of nitrogens with zero attached hydrogens (tertiary/aromatic N) is 5. The molecule has 8 rings (SSSR count). The molecule has 3 aliphatic heterocycles. The van der Waals surface area contributed by atoms with E-state index in [0.29, 0.717) is 64.2 Å². The van der Waals surface area contributed by atoms with Gasteiger partial charge in [-0.1, -0.05) is 88.1 Å². The third kappa shape index (κ3) is 29.0. The van der Waals surface area contributed by atoms with Crippen molar-refractivity contribution in [3.05, 3.63) is 102 Å². The Balaban J connectivity index is 1.18. The van der Waals surface area contributed by atoms with Crippen molar-refractivity contribution in [2.24, 2.45) is 17.2 Å². The Labute approximate surface area is 761 Å². The van der Waals surface area contributed by atoms with Gasteiger partial charge in [-0.05, 0) is 112 Å². The fourth-order valence-corrected chi connectivity index (χ4v) is 16.9. The number of hydrogen-bond donors (Lipinski definition) is 21. The lowest BCUT2D eigenvalue weighted by Crippen LogP contribution is -2.61. The molecule has 0 radical (unpaired) electrons. The zero-order chi connectivity index (χ0) is 95.9. The standard InChI is InChI=1S/C87H124N22O21S/c1-7-9-23-66-79(123)97-57(22-15-33-92-87(90)91)75(119)104-65(74(118)95-44-71(89)115)46-131-47-72(116)96-61(38-49-27-29-52(113)30-28-49)82(126)105(4)48(3)73(117)101-63(41-70(88)114)85(129)109-35-17-25-67(109)80(124)98-58(31-36-110)76(120)99-59(32-37-111)84(128)108-34-16-26-68(108)81(125)100-60(39-50-42-93-55-20-13-11-18-53(50)55)77(121)103-64(45-112)78(122)102-62(40-51-43-94-56-21-14-12-19-54(51)56)83(127)107(6)69(24-10-8-2)86(130)106(66)5/h11-14,18-21,27-30,42-43,48,57-69,93-94,110-113H,7-10,15-17,22-26,31-41,44-47H2,1-6H3,(H2,88,114)(H2,89,115)(H,95,118)(H,96,116)(H,97,123)(H,98,124)(H,99,120)(H,100,125)(H,101,117)(H,102,122)(H,103,121)(H,104,119)(H4,90,91,92)/t48-,57-,58-,59-,60-,61-,62-,63-,64-,65?,66-,67-,68-,69-/m0/s1. The summed E-state index contributed by atoms with van der Waals surface area (Å²) < 4.78 is 0. The van der Waals surface area contributed by atoms with Crippen LogP contribution in [0.3, 0.4) is 0 Å². The first-order chi connectivity index (χ1) is 62.5. The summed E-state index contributed by atoms with van der Waals surface area (Å²) in [5, 5.41) is 79.7. The number of thioether (sulfide) groups is 1. The number of H-pyrrole nitrogens is 2. The predicted molar refractivity (Wildman–Crippen MR) is 480 cm³/mol. The van der Waals surface area contributed by atoms with Gasteiger partial charge in [-0.2, -0.15) is 0 Å². The fourth-order valence-electron chi connectivity index (χ4n) is 16.1. The van der Waals surface area contributed by atoms with E-state index in [-0.39, 0.29) is 96.0 Å². The van der Waals surface area contributed by atoms with Gasteiger partial charge in [-0.3, -0.25) is 86.9 Å². The number of guanidine groups is 1. The molecule has 1 unspecified atom stereocenters. The molecular formula is C87H124N22O21S. The second-order valence-electron chi connectivity index (χ2n) is 32.9. The summed E-state index contributed by atoms with van der Waals surface area (Å²) in [4.78, 5) is 259. The highest BCUT2D eigenvalue weighted by molar-refractivity contribution is 8.00. The molecule has 0 aliphatic carbocycles. The van der Waals surface area contributed by atoms with Crippen LogP contribution in [-0.4, -0.2) is 325 Å². The van der Waals surface area contributed by atoms with Crippen LogP contribution in [0.4, 0.5) is 0 Å². The molecule has 3 aromatic carbocycles. The zero-order valence-electron chi connectivity index (χ0n) is 74.4. The lowest BCUT2D eigenvalue weighted by atomic mass is 10.00. The fraction of sp³-hybridized carbons (Fsp3) is 0.540. The second kappa shape index (κ2) is 50.3. The van der Waals surface area contributed by atoms with E-state index in [1.54, 1.807) is 60.9 Å². The smallest absolute Gasteiger partial charge is 0.246 e. The van der Waals surface area contributed by atoms with Gasteiger partial charge in [0.15, 0.2) is 5.96 Å². The summed E-state index contributed by atoms with van der Waals surface area (Å²) in [5.41, 5.74) is 19.4. The molecule has 44 heteroatoms. The molecule has 714 valence electrons. The predicted octanol–water partition coefficient (Wildman–Crippen LogP) is -4.15. The highest BCUT2D eigenvalue weighted by atomic mass is 32.2. The minimum atomic E-state index is -1.87. The molecule has 5 heterocycles. The highest BCUT2D eigenvalue weighted by Crippen LogP contribution is 2.27. The van der Waals surface area contributed by atoms with Crippen LogP contribution in [0.15, 0.2) is 85.2 Å². The zero-order valence-corrected chi connectivity index (χ0v) is 75.2. The average molecular weight is 1850 g/mol. The van der Waals surface area contributed by atoms with Gasteiger partial charge in [-0.15, -0.1) is 11.8 Å². The average Bonchev–Trinajstić information content (AvgIpc) is 1.81. The van der Waals surface area contributed by atoms with Crippen LogP contribution in [0.1, 0.15) is 134 Å². The molecule has 3 aliphatic rings. The number of unbranched alkanes of at least 4 members (excludes halogenated alkanes) is 2. The Bertz CT molecular complexity index is 4900. The number of carbonyl (C=O) groups excluding carboxylic acids is 17. The van der Waals surface area contributed by atoms with Crippen LogP contribution in [0.2, 0.25) is 0 Å². The van der Waals surface area contributed by atoms with Gasteiger partial charge < -0.3 is 131 Å². The number of carbonyl (C=O) groups is 17. The molecule has 131 heavy (non-hydrogen) atoms. The van der Waals surface area contributed by atoms with E-state index in [1.807, 2.05) is 13.8 Å². The third-order valence-corrected chi connectivity index (χ3v) is 24.5. The molecular weight excluding hydrogens is 1720 g/mol. The van der Waals surface area contributed by atoms with Crippen LogP contribution in [0, 0.1) is 5.41 Å². The van der Waals surface area contributed by atoms with Crippen molar-refractivity contribution in [3.63, 3.8) is 0 Å². The number of aliphatic hydroxyl groups is 3. The number of aromatic hydroxyl groups is 1. The molecule has 43 nitrogen and oxygen atoms in total. The summed E-state index contributed by atoms with van der Waals surface area (Å²) >= 11 is 0.754. The topological polar surface area (TPSA) is 653 Å². The van der Waals surface area contributed by atoms with Crippen molar-refractivity contribution in [1.29, 1.82) is 5.41 Å². The number of nitrogens with one attached hydrogen (secondary N) is 14. The number of rotatable bonds is 26. The molecule has 5 aromatic rings. The van der Waals surface area contributed by atoms with Gasteiger partial charge in [-0.25, -0.2) is 0 Å². The number of primary amides is 2. The van der Waals surface area contributed by atoms with E-state index in [1.165, 1.54) is 52.3 Å². The SMILES string of the molecule is CCCC[C@H]1C(=O)N(C)[C@@H](CCCC)C(=O)N[C@@H](CCCNC(=N)N)C(=O)NC(C(=O)NCC(N)=O)CSCC(=O)N[C@@H](Cc2ccc(O)cc2)C(=O)N(C)[C@@H](C)C(=O)N[C@@H](CC(N)=O)C(=O)N2CCC[C@H]2C(=O)N[C@@H](CCO)C(=O)N[C@@H](CCO)C(=O)N2CCC[C@H]2C(=O)N[C@@H](Cc2c[nH]c3ccccc23)C(=O)N[C@@H](CO)C(=O)N[C@@H](Cc2c[nH]c3ccccc23)C(=O)N1C. The number of nitrogens with two attached hydrogens (primary N) is 3. The first kappa shape index (κ1) is 103. The van der Waals surface area contributed by atoms with E-state index >= 15 is 28.8 Å². The van der Waals surface area contributed by atoms with E-state index in [9.17, 15) is 73.2 Å². The maximum atomic E-state index is 15.7. The van der Waals surface area contributed by atoms with Crippen molar-refractivity contribution in [3.8, 4) is 5.75 Å². The van der Waals surface area contributed by atoms with E-state index in [4.69, 9.17) is 22.6 Å². The summed E-state index contributed by atoms with van der Waals surface area (Å²) in [7, 11) is 3.88. The number of aromatic amines is 2. The van der Waals surface area contributed by atoms with Gasteiger partial charge in [0.05, 0.1) is 25.3 Å². The third-order valence-electron chi connectivity index (χ3n) is 23.4. The Hall–Kier alpha value is -13.0. The Morgan fingerprint density at radius 3 is 1.52 bits per heavy atom. The number of fused-ring (bicyclic) bond motifs is 4. The van der Waals surface area contributed by atoms with Gasteiger partial charge in [0.1, 0.15) is 90.3 Å². The number of hydrogen-bond acceptors (Lipinski definition) is 23. The van der Waals surface area contributed by atoms with E-state index < -0.39 is 248 Å². The number of aromatic nitrogens is 2.